The molecule has 0 unspecified atom stereocenters. The van der Waals surface area contributed by atoms with Crippen molar-refractivity contribution in [2.75, 3.05) is 5.32 Å². The highest BCUT2D eigenvalue weighted by atomic mass is 79.9. The Morgan fingerprint density at radius 3 is 2.39 bits per heavy atom. The van der Waals surface area contributed by atoms with Gasteiger partial charge in [-0.1, -0.05) is 15.9 Å². The van der Waals surface area contributed by atoms with Crippen LogP contribution in [0.1, 0.15) is 16.1 Å². The number of hydrogen-bond acceptors (Lipinski definition) is 2. The highest BCUT2D eigenvalue weighted by molar-refractivity contribution is 9.10. The van der Waals surface area contributed by atoms with Gasteiger partial charge in [0.05, 0.1) is 11.4 Å². The van der Waals surface area contributed by atoms with Crippen molar-refractivity contribution >= 4 is 43.5 Å². The zero-order valence-corrected chi connectivity index (χ0v) is 12.7. The zero-order chi connectivity index (χ0) is 13.1. The molecule has 0 spiro atoms. The third-order valence-corrected chi connectivity index (χ3v) is 3.38. The van der Waals surface area contributed by atoms with Crippen LogP contribution in [-0.2, 0) is 0 Å². The van der Waals surface area contributed by atoms with Gasteiger partial charge in [0.1, 0.15) is 4.60 Å². The van der Waals surface area contributed by atoms with Gasteiger partial charge in [-0.05, 0) is 59.3 Å². The molecular formula is C13H10Br2N2O. The molecule has 1 aromatic heterocycles. The molecule has 0 aliphatic heterocycles. The van der Waals surface area contributed by atoms with E-state index in [4.69, 9.17) is 0 Å². The van der Waals surface area contributed by atoms with E-state index in [1.165, 1.54) is 0 Å². The predicted molar refractivity (Wildman–Crippen MR) is 78.8 cm³/mol. The number of benzene rings is 1. The monoisotopic (exact) mass is 368 g/mol. The third kappa shape index (κ3) is 3.17. The number of carbonyl (C=O) groups is 1. The molecule has 2 aromatic rings. The van der Waals surface area contributed by atoms with Crippen LogP contribution in [0.15, 0.2) is 45.5 Å². The summed E-state index contributed by atoms with van der Waals surface area (Å²) in [6, 6.07) is 10.8. The highest BCUT2D eigenvalue weighted by Crippen LogP contribution is 2.17. The van der Waals surface area contributed by atoms with Gasteiger partial charge >= 0.3 is 0 Å². The smallest absolute Gasteiger partial charge is 0.255 e. The second-order valence-corrected chi connectivity index (χ2v) is 5.46. The van der Waals surface area contributed by atoms with Crippen LogP contribution < -0.4 is 5.32 Å². The first-order valence-electron chi connectivity index (χ1n) is 5.26. The van der Waals surface area contributed by atoms with Gasteiger partial charge in [-0.3, -0.25) is 4.79 Å². The summed E-state index contributed by atoms with van der Waals surface area (Å²) in [5, 5.41) is 2.84. The predicted octanol–water partition coefficient (Wildman–Crippen LogP) is 4.17. The molecule has 18 heavy (non-hydrogen) atoms. The maximum absolute atomic E-state index is 12.0. The molecule has 2 rings (SSSR count). The average Bonchev–Trinajstić information content (AvgIpc) is 2.33. The summed E-state index contributed by atoms with van der Waals surface area (Å²) in [6.45, 7) is 1.85. The maximum atomic E-state index is 12.0. The van der Waals surface area contributed by atoms with Crippen molar-refractivity contribution in [3.05, 3.63) is 56.7 Å². The summed E-state index contributed by atoms with van der Waals surface area (Å²) in [6.07, 6.45) is 0. The number of nitrogens with zero attached hydrogens (tertiary/aromatic N) is 1. The number of carbonyl (C=O) groups excluding carboxylic acids is 1. The van der Waals surface area contributed by atoms with Gasteiger partial charge in [0.25, 0.3) is 5.91 Å². The number of anilines is 1. The fraction of sp³-hybridized carbons (Fsp3) is 0.0769. The first-order valence-corrected chi connectivity index (χ1v) is 6.85. The number of amides is 1. The number of halogens is 2. The molecule has 0 aliphatic carbocycles. The molecule has 1 amide bonds. The van der Waals surface area contributed by atoms with Gasteiger partial charge in [-0.25, -0.2) is 4.98 Å². The van der Waals surface area contributed by atoms with Gasteiger partial charge in [-0.2, -0.15) is 0 Å². The lowest BCUT2D eigenvalue weighted by Gasteiger charge is -2.08. The molecule has 0 saturated carbocycles. The number of hydrogen-bond donors (Lipinski definition) is 1. The molecule has 1 aromatic carbocycles. The van der Waals surface area contributed by atoms with Crippen LogP contribution in [0.2, 0.25) is 0 Å². The zero-order valence-electron chi connectivity index (χ0n) is 9.58. The topological polar surface area (TPSA) is 42.0 Å². The van der Waals surface area contributed by atoms with E-state index in [1.807, 2.05) is 25.1 Å². The van der Waals surface area contributed by atoms with E-state index in [9.17, 15) is 4.79 Å². The van der Waals surface area contributed by atoms with Crippen LogP contribution in [0.5, 0.6) is 0 Å². The van der Waals surface area contributed by atoms with Crippen LogP contribution in [0, 0.1) is 6.92 Å². The second-order valence-electron chi connectivity index (χ2n) is 3.73. The van der Waals surface area contributed by atoms with E-state index >= 15 is 0 Å². The van der Waals surface area contributed by atoms with E-state index in [0.29, 0.717) is 11.3 Å². The summed E-state index contributed by atoms with van der Waals surface area (Å²) < 4.78 is 1.70. The van der Waals surface area contributed by atoms with Crippen molar-refractivity contribution in [2.45, 2.75) is 6.92 Å². The molecule has 0 bridgehead atoms. The standard InChI is InChI=1S/C13H10Br2N2O/c1-8-11(6-7-12(15)16-8)17-13(18)9-2-4-10(14)5-3-9/h2-7H,1H3,(H,17,18). The molecule has 0 fully saturated rings. The first-order chi connectivity index (χ1) is 8.56. The van der Waals surface area contributed by atoms with Crippen molar-refractivity contribution in [1.29, 1.82) is 0 Å². The Morgan fingerprint density at radius 1 is 1.11 bits per heavy atom. The summed E-state index contributed by atoms with van der Waals surface area (Å²) in [5.74, 6) is -0.144. The Balaban J connectivity index is 2.18. The van der Waals surface area contributed by atoms with Gasteiger partial charge < -0.3 is 5.32 Å². The van der Waals surface area contributed by atoms with Gasteiger partial charge in [0.15, 0.2) is 0 Å². The molecular weight excluding hydrogens is 360 g/mol. The normalized spacial score (nSPS) is 10.2. The molecule has 1 heterocycles. The Hall–Kier alpha value is -1.20. The number of aryl methyl sites for hydroxylation is 1. The molecule has 0 aliphatic rings. The minimum absolute atomic E-state index is 0.144. The Bertz CT molecular complexity index is 582. The van der Waals surface area contributed by atoms with Crippen molar-refractivity contribution < 1.29 is 4.79 Å². The van der Waals surface area contributed by atoms with E-state index < -0.39 is 0 Å². The van der Waals surface area contributed by atoms with E-state index in [0.717, 1.165) is 14.8 Å². The number of rotatable bonds is 2. The number of aromatic nitrogens is 1. The minimum Gasteiger partial charge on any atom is -0.320 e. The lowest BCUT2D eigenvalue weighted by atomic mass is 10.2. The van der Waals surface area contributed by atoms with Gasteiger partial charge in [0.2, 0.25) is 0 Å². The quantitative estimate of drug-likeness (QED) is 0.807. The summed E-state index contributed by atoms with van der Waals surface area (Å²) >= 11 is 6.62. The SMILES string of the molecule is Cc1nc(Br)ccc1NC(=O)c1ccc(Br)cc1. The molecule has 92 valence electrons. The third-order valence-electron chi connectivity index (χ3n) is 2.41. The van der Waals surface area contributed by atoms with Crippen LogP contribution >= 0.6 is 31.9 Å². The summed E-state index contributed by atoms with van der Waals surface area (Å²) in [7, 11) is 0. The van der Waals surface area contributed by atoms with E-state index in [-0.39, 0.29) is 5.91 Å². The molecule has 3 nitrogen and oxygen atoms in total. The van der Waals surface area contributed by atoms with Crippen LogP contribution in [0.4, 0.5) is 5.69 Å². The largest absolute Gasteiger partial charge is 0.320 e. The number of pyridine rings is 1. The minimum atomic E-state index is -0.144. The Morgan fingerprint density at radius 2 is 1.78 bits per heavy atom. The van der Waals surface area contributed by atoms with Crippen LogP contribution in [0.25, 0.3) is 0 Å². The molecule has 5 heteroatoms. The fourth-order valence-electron chi connectivity index (χ4n) is 1.46. The second kappa shape index (κ2) is 5.63. The lowest BCUT2D eigenvalue weighted by molar-refractivity contribution is 0.102. The van der Waals surface area contributed by atoms with Crippen molar-refractivity contribution in [3.8, 4) is 0 Å². The first kappa shape index (κ1) is 13.2. The number of nitrogens with one attached hydrogen (secondary N) is 1. The van der Waals surface area contributed by atoms with Crippen molar-refractivity contribution in [2.24, 2.45) is 0 Å². The van der Waals surface area contributed by atoms with Crippen molar-refractivity contribution in [1.82, 2.24) is 4.98 Å². The van der Waals surface area contributed by atoms with E-state index in [1.54, 1.807) is 18.2 Å². The maximum Gasteiger partial charge on any atom is 0.255 e. The van der Waals surface area contributed by atoms with Gasteiger partial charge in [-0.15, -0.1) is 0 Å². The lowest BCUT2D eigenvalue weighted by Crippen LogP contribution is -2.13. The Labute approximate surface area is 122 Å². The van der Waals surface area contributed by atoms with Gasteiger partial charge in [0, 0.05) is 10.0 Å². The summed E-state index contributed by atoms with van der Waals surface area (Å²) in [4.78, 5) is 16.2. The van der Waals surface area contributed by atoms with Crippen LogP contribution in [-0.4, -0.2) is 10.9 Å². The highest BCUT2D eigenvalue weighted by Gasteiger charge is 2.08. The van der Waals surface area contributed by atoms with E-state index in [2.05, 4.69) is 42.2 Å². The molecule has 0 atom stereocenters. The fourth-order valence-corrected chi connectivity index (χ4v) is 2.12. The average molecular weight is 370 g/mol. The molecule has 0 saturated heterocycles. The van der Waals surface area contributed by atoms with Crippen molar-refractivity contribution in [3.63, 3.8) is 0 Å². The Kier molecular flexibility index (Phi) is 4.14. The molecule has 1 N–H and O–H groups in total. The summed E-state index contributed by atoms with van der Waals surface area (Å²) in [5.41, 5.74) is 2.10. The van der Waals surface area contributed by atoms with Crippen LogP contribution in [0.3, 0.4) is 0 Å². The molecule has 0 radical (unpaired) electrons.